The number of hydrogen-bond donors (Lipinski definition) is 2. The SMILES string of the molecule is CC1(C)C2CCC1(C)C(N1C=CCN(Nc3cccc(Nc4ccccc4)c3)C1)C2. The Balaban J connectivity index is 1.26. The van der Waals surface area contributed by atoms with E-state index in [2.05, 4.69) is 102 Å². The Kier molecular flexibility index (Phi) is 4.78. The normalized spacial score (nSPS) is 29.9. The van der Waals surface area contributed by atoms with Crippen LogP contribution in [-0.2, 0) is 0 Å². The van der Waals surface area contributed by atoms with Gasteiger partial charge in [-0.3, -0.25) is 0 Å². The second kappa shape index (κ2) is 7.35. The molecule has 1 heterocycles. The van der Waals surface area contributed by atoms with Crippen LogP contribution in [0.15, 0.2) is 66.9 Å². The Hall–Kier alpha value is -2.46. The van der Waals surface area contributed by atoms with E-state index in [1.54, 1.807) is 0 Å². The molecule has 3 unspecified atom stereocenters. The van der Waals surface area contributed by atoms with Gasteiger partial charge in [0.25, 0.3) is 0 Å². The van der Waals surface area contributed by atoms with Crippen molar-refractivity contribution in [3.05, 3.63) is 66.9 Å². The lowest BCUT2D eigenvalue weighted by atomic mass is 9.69. The van der Waals surface area contributed by atoms with E-state index < -0.39 is 0 Å². The first kappa shape index (κ1) is 19.5. The topological polar surface area (TPSA) is 30.5 Å². The predicted molar refractivity (Wildman–Crippen MR) is 125 cm³/mol. The number of anilines is 3. The maximum atomic E-state index is 3.64. The highest BCUT2D eigenvalue weighted by Crippen LogP contribution is 2.66. The second-order valence-electron chi connectivity index (χ2n) is 10.1. The molecule has 0 spiro atoms. The van der Waals surface area contributed by atoms with E-state index in [-0.39, 0.29) is 0 Å². The summed E-state index contributed by atoms with van der Waals surface area (Å²) < 4.78 is 0. The Morgan fingerprint density at radius 1 is 0.933 bits per heavy atom. The number of fused-ring (bicyclic) bond motifs is 2. The molecule has 2 aliphatic carbocycles. The maximum Gasteiger partial charge on any atom is 0.0886 e. The average molecular weight is 403 g/mol. The van der Waals surface area contributed by atoms with Crippen molar-refractivity contribution >= 4 is 17.1 Å². The number of nitrogens with zero attached hydrogens (tertiary/aromatic N) is 2. The van der Waals surface area contributed by atoms with Crippen molar-refractivity contribution in [1.82, 2.24) is 9.91 Å². The smallest absolute Gasteiger partial charge is 0.0886 e. The van der Waals surface area contributed by atoms with Gasteiger partial charge in [-0.05, 0) is 72.5 Å². The van der Waals surface area contributed by atoms with Crippen LogP contribution in [0.1, 0.15) is 40.0 Å². The Morgan fingerprint density at radius 2 is 1.70 bits per heavy atom. The van der Waals surface area contributed by atoms with Crippen LogP contribution in [0.5, 0.6) is 0 Å². The summed E-state index contributed by atoms with van der Waals surface area (Å²) in [5.74, 6) is 0.866. The summed E-state index contributed by atoms with van der Waals surface area (Å²) in [6.45, 7) is 9.38. The van der Waals surface area contributed by atoms with Crippen LogP contribution in [0.3, 0.4) is 0 Å². The summed E-state index contributed by atoms with van der Waals surface area (Å²) in [6.07, 6.45) is 8.74. The van der Waals surface area contributed by atoms with Crippen molar-refractivity contribution in [2.75, 3.05) is 24.0 Å². The molecule has 1 aliphatic heterocycles. The number of benzene rings is 2. The van der Waals surface area contributed by atoms with E-state index in [0.717, 1.165) is 36.2 Å². The summed E-state index contributed by atoms with van der Waals surface area (Å²) in [4.78, 5) is 2.59. The van der Waals surface area contributed by atoms with Crippen molar-refractivity contribution in [3.63, 3.8) is 0 Å². The van der Waals surface area contributed by atoms with Gasteiger partial charge in [0.2, 0.25) is 0 Å². The molecular weight excluding hydrogens is 368 g/mol. The number of hydrogen-bond acceptors (Lipinski definition) is 4. The molecule has 0 radical (unpaired) electrons. The van der Waals surface area contributed by atoms with Gasteiger partial charge in [0.05, 0.1) is 12.4 Å². The molecule has 0 aromatic heterocycles. The molecule has 0 amide bonds. The molecule has 2 fully saturated rings. The summed E-state index contributed by atoms with van der Waals surface area (Å²) in [7, 11) is 0. The fourth-order valence-electron chi connectivity index (χ4n) is 6.10. The molecule has 0 saturated heterocycles. The highest BCUT2D eigenvalue weighted by atomic mass is 15.6. The first-order valence-corrected chi connectivity index (χ1v) is 11.3. The molecule has 4 nitrogen and oxygen atoms in total. The molecule has 5 rings (SSSR count). The third kappa shape index (κ3) is 3.27. The van der Waals surface area contributed by atoms with Gasteiger partial charge in [-0.15, -0.1) is 0 Å². The summed E-state index contributed by atoms with van der Waals surface area (Å²) in [5, 5.41) is 5.81. The van der Waals surface area contributed by atoms with Crippen LogP contribution >= 0.6 is 0 Å². The van der Waals surface area contributed by atoms with Crippen LogP contribution in [0.4, 0.5) is 17.1 Å². The van der Waals surface area contributed by atoms with E-state index in [1.165, 1.54) is 19.3 Å². The Bertz CT molecular complexity index is 922. The highest BCUT2D eigenvalue weighted by molar-refractivity contribution is 5.64. The fraction of sp³-hybridized carbons (Fsp3) is 0.462. The first-order chi connectivity index (χ1) is 14.5. The van der Waals surface area contributed by atoms with Crippen molar-refractivity contribution in [2.45, 2.75) is 46.1 Å². The number of nitrogens with one attached hydrogen (secondary N) is 2. The van der Waals surface area contributed by atoms with E-state index in [4.69, 9.17) is 0 Å². The van der Waals surface area contributed by atoms with E-state index in [0.29, 0.717) is 16.9 Å². The monoisotopic (exact) mass is 402 g/mol. The Morgan fingerprint density at radius 3 is 2.43 bits per heavy atom. The van der Waals surface area contributed by atoms with Crippen molar-refractivity contribution in [3.8, 4) is 0 Å². The van der Waals surface area contributed by atoms with E-state index in [9.17, 15) is 0 Å². The molecule has 4 heteroatoms. The molecule has 158 valence electrons. The zero-order valence-electron chi connectivity index (χ0n) is 18.4. The molecule has 2 aromatic rings. The van der Waals surface area contributed by atoms with Crippen LogP contribution < -0.4 is 10.7 Å². The van der Waals surface area contributed by atoms with E-state index in [1.807, 2.05) is 6.07 Å². The van der Waals surface area contributed by atoms with Crippen molar-refractivity contribution < 1.29 is 0 Å². The standard InChI is InChI=1S/C26H34N4/c1-25(2)20-13-14-26(25,3)24(17-20)29-15-8-16-30(19-29)28-23-12-7-11-22(18-23)27-21-9-5-4-6-10-21/h4-12,15,18,20,24,27-28H,13-14,16-17,19H2,1-3H3. The molecule has 2 bridgehead atoms. The molecule has 3 atom stereocenters. The highest BCUT2D eigenvalue weighted by Gasteiger charge is 2.62. The third-order valence-electron chi connectivity index (χ3n) is 8.32. The molecule has 2 aromatic carbocycles. The summed E-state index contributed by atoms with van der Waals surface area (Å²) in [5.41, 5.74) is 7.81. The van der Waals surface area contributed by atoms with Crippen LogP contribution in [0.25, 0.3) is 0 Å². The van der Waals surface area contributed by atoms with Gasteiger partial charge in [0, 0.05) is 24.0 Å². The summed E-state index contributed by atoms with van der Waals surface area (Å²) in [6, 6.07) is 19.5. The predicted octanol–water partition coefficient (Wildman–Crippen LogP) is 6.06. The van der Waals surface area contributed by atoms with Gasteiger partial charge in [0.15, 0.2) is 0 Å². The van der Waals surface area contributed by atoms with Gasteiger partial charge in [-0.2, -0.15) is 0 Å². The Labute approximate surface area is 180 Å². The van der Waals surface area contributed by atoms with Crippen LogP contribution in [-0.4, -0.2) is 29.2 Å². The average Bonchev–Trinajstić information content (AvgIpc) is 3.08. The lowest BCUT2D eigenvalue weighted by molar-refractivity contribution is 0.0402. The summed E-state index contributed by atoms with van der Waals surface area (Å²) >= 11 is 0. The lowest BCUT2D eigenvalue weighted by Crippen LogP contribution is -2.51. The fourth-order valence-corrected chi connectivity index (χ4v) is 6.10. The van der Waals surface area contributed by atoms with Crippen molar-refractivity contribution in [1.29, 1.82) is 0 Å². The van der Waals surface area contributed by atoms with E-state index >= 15 is 0 Å². The third-order valence-corrected chi connectivity index (χ3v) is 8.32. The quantitative estimate of drug-likeness (QED) is 0.636. The second-order valence-corrected chi connectivity index (χ2v) is 10.1. The number of hydrazine groups is 1. The first-order valence-electron chi connectivity index (χ1n) is 11.3. The minimum atomic E-state index is 0.407. The zero-order valence-corrected chi connectivity index (χ0v) is 18.4. The zero-order chi connectivity index (χ0) is 20.8. The van der Waals surface area contributed by atoms with Gasteiger partial charge in [0.1, 0.15) is 0 Å². The molecule has 2 saturated carbocycles. The molecule has 2 N–H and O–H groups in total. The lowest BCUT2D eigenvalue weighted by Gasteiger charge is -2.46. The van der Waals surface area contributed by atoms with Crippen molar-refractivity contribution in [2.24, 2.45) is 16.7 Å². The van der Waals surface area contributed by atoms with Gasteiger partial charge in [-0.1, -0.05) is 51.1 Å². The molecule has 3 aliphatic rings. The number of rotatable bonds is 5. The minimum Gasteiger partial charge on any atom is -0.360 e. The maximum absolute atomic E-state index is 3.64. The molecular formula is C26H34N4. The largest absolute Gasteiger partial charge is 0.360 e. The van der Waals surface area contributed by atoms with Gasteiger partial charge in [-0.25, -0.2) is 5.01 Å². The van der Waals surface area contributed by atoms with Crippen LogP contribution in [0, 0.1) is 16.7 Å². The number of para-hydroxylation sites is 1. The minimum absolute atomic E-state index is 0.407. The van der Waals surface area contributed by atoms with Gasteiger partial charge < -0.3 is 15.6 Å². The van der Waals surface area contributed by atoms with Gasteiger partial charge >= 0.3 is 0 Å². The van der Waals surface area contributed by atoms with Crippen LogP contribution in [0.2, 0.25) is 0 Å². The molecule has 30 heavy (non-hydrogen) atoms.